The normalized spacial score (nSPS) is 10.5. The Morgan fingerprint density at radius 3 is 2.60 bits per heavy atom. The molecule has 3 aromatic rings. The summed E-state index contributed by atoms with van der Waals surface area (Å²) >= 11 is 0. The van der Waals surface area contributed by atoms with Crippen LogP contribution in [0.1, 0.15) is 21.6 Å². The number of hydrazone groups is 1. The van der Waals surface area contributed by atoms with E-state index in [0.29, 0.717) is 5.56 Å². The largest absolute Gasteiger partial charge is 0.504 e. The average Bonchev–Trinajstić information content (AvgIpc) is 3.05. The fraction of sp³-hybridized carbons (Fsp3) is 0. The zero-order valence-electron chi connectivity index (χ0n) is 13.0. The number of hydrogen-bond acceptors (Lipinski definition) is 5. The first-order chi connectivity index (χ1) is 12.2. The van der Waals surface area contributed by atoms with Gasteiger partial charge in [0.25, 0.3) is 5.91 Å². The predicted molar refractivity (Wildman–Crippen MR) is 91.4 cm³/mol. The fourth-order valence-corrected chi connectivity index (χ4v) is 2.10. The van der Waals surface area contributed by atoms with Crippen LogP contribution >= 0.6 is 0 Å². The molecule has 122 valence electrons. The van der Waals surface area contributed by atoms with Crippen LogP contribution in [-0.4, -0.2) is 27.0 Å². The highest BCUT2D eigenvalue weighted by molar-refractivity contribution is 5.95. The van der Waals surface area contributed by atoms with E-state index >= 15 is 0 Å². The molecule has 0 bridgehead atoms. The standard InChI is InChI=1S/C18H13N5O2/c19-10-13-6-8-14(9-7-13)11-20-21-18(25)17-16(24)12-23(22-17)15-4-2-1-3-5-15/h1-9,11-12,24H,(H,21,25)/b20-11-. The number of para-hydroxylation sites is 1. The van der Waals surface area contributed by atoms with Crippen LogP contribution in [0.3, 0.4) is 0 Å². The summed E-state index contributed by atoms with van der Waals surface area (Å²) < 4.78 is 1.41. The van der Waals surface area contributed by atoms with Crippen molar-refractivity contribution in [2.75, 3.05) is 0 Å². The van der Waals surface area contributed by atoms with Crippen molar-refractivity contribution in [3.63, 3.8) is 0 Å². The topological polar surface area (TPSA) is 103 Å². The van der Waals surface area contributed by atoms with E-state index in [9.17, 15) is 9.90 Å². The monoisotopic (exact) mass is 331 g/mol. The number of nitrogens with zero attached hydrogens (tertiary/aromatic N) is 4. The van der Waals surface area contributed by atoms with Crippen molar-refractivity contribution >= 4 is 12.1 Å². The molecule has 0 saturated carbocycles. The molecule has 2 aromatic carbocycles. The fourth-order valence-electron chi connectivity index (χ4n) is 2.10. The molecule has 0 saturated heterocycles. The number of benzene rings is 2. The van der Waals surface area contributed by atoms with Crippen molar-refractivity contribution in [3.05, 3.63) is 77.6 Å². The molecule has 0 aliphatic heterocycles. The van der Waals surface area contributed by atoms with Crippen LogP contribution in [0.15, 0.2) is 65.9 Å². The second kappa shape index (κ2) is 7.10. The number of nitrogens with one attached hydrogen (secondary N) is 1. The third kappa shape index (κ3) is 3.71. The van der Waals surface area contributed by atoms with Crippen molar-refractivity contribution in [2.24, 2.45) is 5.10 Å². The van der Waals surface area contributed by atoms with Crippen molar-refractivity contribution in [2.45, 2.75) is 0 Å². The van der Waals surface area contributed by atoms with Gasteiger partial charge in [-0.25, -0.2) is 10.1 Å². The lowest BCUT2D eigenvalue weighted by Gasteiger charge is -1.99. The number of rotatable bonds is 4. The van der Waals surface area contributed by atoms with Gasteiger partial charge in [0, 0.05) is 0 Å². The van der Waals surface area contributed by atoms with E-state index < -0.39 is 5.91 Å². The van der Waals surface area contributed by atoms with Crippen molar-refractivity contribution in [1.82, 2.24) is 15.2 Å². The molecule has 0 atom stereocenters. The highest BCUT2D eigenvalue weighted by Gasteiger charge is 2.16. The van der Waals surface area contributed by atoms with E-state index in [1.54, 1.807) is 36.4 Å². The van der Waals surface area contributed by atoms with Gasteiger partial charge in [-0.15, -0.1) is 0 Å². The van der Waals surface area contributed by atoms with Gasteiger partial charge in [-0.05, 0) is 29.8 Å². The summed E-state index contributed by atoms with van der Waals surface area (Å²) in [4.78, 5) is 12.1. The molecule has 3 rings (SSSR count). The van der Waals surface area contributed by atoms with Gasteiger partial charge in [0.15, 0.2) is 11.4 Å². The first-order valence-corrected chi connectivity index (χ1v) is 7.35. The smallest absolute Gasteiger partial charge is 0.295 e. The first-order valence-electron chi connectivity index (χ1n) is 7.35. The second-order valence-corrected chi connectivity index (χ2v) is 5.08. The molecule has 0 radical (unpaired) electrons. The summed E-state index contributed by atoms with van der Waals surface area (Å²) in [7, 11) is 0. The Hall–Kier alpha value is -3.92. The number of aromatic nitrogens is 2. The summed E-state index contributed by atoms with van der Waals surface area (Å²) in [6.45, 7) is 0. The van der Waals surface area contributed by atoms with Gasteiger partial charge in [-0.3, -0.25) is 4.79 Å². The lowest BCUT2D eigenvalue weighted by molar-refractivity contribution is 0.0947. The molecule has 0 unspecified atom stereocenters. The van der Waals surface area contributed by atoms with Crippen LogP contribution in [0.5, 0.6) is 5.75 Å². The maximum Gasteiger partial charge on any atom is 0.295 e. The van der Waals surface area contributed by atoms with E-state index in [1.807, 2.05) is 24.3 Å². The summed E-state index contributed by atoms with van der Waals surface area (Å²) in [5.74, 6) is -0.869. The number of aromatic hydroxyl groups is 1. The third-order valence-corrected chi connectivity index (χ3v) is 3.35. The van der Waals surface area contributed by atoms with Crippen LogP contribution < -0.4 is 5.43 Å². The predicted octanol–water partition coefficient (Wildman–Crippen LogP) is 2.21. The quantitative estimate of drug-likeness (QED) is 0.565. The molecule has 0 spiro atoms. The van der Waals surface area contributed by atoms with Gasteiger partial charge >= 0.3 is 0 Å². The summed E-state index contributed by atoms with van der Waals surface area (Å²) in [6.07, 6.45) is 2.79. The highest BCUT2D eigenvalue weighted by atomic mass is 16.3. The SMILES string of the molecule is N#Cc1ccc(/C=N\NC(=O)c2nn(-c3ccccc3)cc2O)cc1. The van der Waals surface area contributed by atoms with E-state index in [4.69, 9.17) is 5.26 Å². The van der Waals surface area contributed by atoms with Gasteiger partial charge in [0.2, 0.25) is 0 Å². The molecule has 1 amide bonds. The summed E-state index contributed by atoms with van der Waals surface area (Å²) in [6, 6.07) is 17.8. The van der Waals surface area contributed by atoms with Gasteiger partial charge in [-0.1, -0.05) is 30.3 Å². The van der Waals surface area contributed by atoms with Gasteiger partial charge in [0.1, 0.15) is 0 Å². The van der Waals surface area contributed by atoms with E-state index in [0.717, 1.165) is 11.3 Å². The molecule has 7 heteroatoms. The zero-order valence-corrected chi connectivity index (χ0v) is 13.0. The third-order valence-electron chi connectivity index (χ3n) is 3.35. The Balaban J connectivity index is 1.70. The van der Waals surface area contributed by atoms with Crippen LogP contribution in [0.2, 0.25) is 0 Å². The minimum Gasteiger partial charge on any atom is -0.504 e. The summed E-state index contributed by atoms with van der Waals surface area (Å²) in [5, 5.41) is 26.6. The number of carbonyl (C=O) groups excluding carboxylic acids is 1. The molecule has 1 aromatic heterocycles. The molecule has 0 aliphatic rings. The van der Waals surface area contributed by atoms with Gasteiger partial charge in [0.05, 0.1) is 29.7 Å². The maximum atomic E-state index is 12.1. The van der Waals surface area contributed by atoms with Crippen molar-refractivity contribution in [3.8, 4) is 17.5 Å². The molecule has 2 N–H and O–H groups in total. The van der Waals surface area contributed by atoms with E-state index in [2.05, 4.69) is 15.6 Å². The molecule has 0 fully saturated rings. The number of hydrogen-bond donors (Lipinski definition) is 2. The minimum atomic E-state index is -0.628. The molecular formula is C18H13N5O2. The Morgan fingerprint density at radius 2 is 1.92 bits per heavy atom. The van der Waals surface area contributed by atoms with Crippen LogP contribution in [0, 0.1) is 11.3 Å². The maximum absolute atomic E-state index is 12.1. The van der Waals surface area contributed by atoms with Crippen LogP contribution in [0.25, 0.3) is 5.69 Å². The Bertz CT molecular complexity index is 953. The van der Waals surface area contributed by atoms with Crippen molar-refractivity contribution < 1.29 is 9.90 Å². The van der Waals surface area contributed by atoms with Crippen LogP contribution in [0.4, 0.5) is 0 Å². The Kier molecular flexibility index (Phi) is 4.53. The van der Waals surface area contributed by atoms with Gasteiger partial charge < -0.3 is 5.11 Å². The van der Waals surface area contributed by atoms with Crippen molar-refractivity contribution in [1.29, 1.82) is 5.26 Å². The Morgan fingerprint density at radius 1 is 1.20 bits per heavy atom. The second-order valence-electron chi connectivity index (χ2n) is 5.08. The Labute approximate surface area is 143 Å². The number of carbonyl (C=O) groups is 1. The van der Waals surface area contributed by atoms with Crippen LogP contribution in [-0.2, 0) is 0 Å². The zero-order chi connectivity index (χ0) is 17.6. The molecule has 25 heavy (non-hydrogen) atoms. The summed E-state index contributed by atoms with van der Waals surface area (Å²) in [5.41, 5.74) is 4.17. The molecule has 1 heterocycles. The molecule has 7 nitrogen and oxygen atoms in total. The van der Waals surface area contributed by atoms with Gasteiger partial charge in [-0.2, -0.15) is 15.5 Å². The first kappa shape index (κ1) is 16.0. The lowest BCUT2D eigenvalue weighted by atomic mass is 10.2. The molecular weight excluding hydrogens is 318 g/mol. The van der Waals surface area contributed by atoms with E-state index in [-0.39, 0.29) is 11.4 Å². The number of nitriles is 1. The number of amides is 1. The molecule has 0 aliphatic carbocycles. The minimum absolute atomic E-state index is 0.124. The van der Waals surface area contributed by atoms with E-state index in [1.165, 1.54) is 17.1 Å². The lowest BCUT2D eigenvalue weighted by Crippen LogP contribution is -2.18. The highest BCUT2D eigenvalue weighted by Crippen LogP contribution is 2.17. The average molecular weight is 331 g/mol.